The summed E-state index contributed by atoms with van der Waals surface area (Å²) < 4.78 is 0. The minimum Gasteiger partial charge on any atom is -0.355 e. The molecule has 2 heterocycles. The van der Waals surface area contributed by atoms with Gasteiger partial charge in [0.2, 0.25) is 0 Å². The molecule has 1 aliphatic carbocycles. The number of aromatic nitrogens is 1. The summed E-state index contributed by atoms with van der Waals surface area (Å²) in [5.74, 6) is 0.494. The van der Waals surface area contributed by atoms with Crippen LogP contribution in [0.1, 0.15) is 23.5 Å². The molecule has 0 amide bonds. The molecule has 3 aromatic carbocycles. The number of aryl methyl sites for hydroxylation is 1. The first-order valence-electron chi connectivity index (χ1n) is 9.26. The molecule has 26 heavy (non-hydrogen) atoms. The highest BCUT2D eigenvalue weighted by molar-refractivity contribution is 5.91. The fourth-order valence-corrected chi connectivity index (χ4v) is 4.50. The van der Waals surface area contributed by atoms with Gasteiger partial charge in [-0.25, -0.2) is 4.99 Å². The number of hydrogen-bond donors (Lipinski definition) is 1. The highest BCUT2D eigenvalue weighted by Crippen LogP contribution is 2.35. The number of fused-ring (bicyclic) bond motifs is 6. The van der Waals surface area contributed by atoms with Gasteiger partial charge in [0.05, 0.1) is 11.0 Å². The van der Waals surface area contributed by atoms with Crippen LogP contribution in [-0.2, 0) is 6.42 Å². The normalized spacial score (nSPS) is 17.2. The van der Waals surface area contributed by atoms with Gasteiger partial charge < -0.3 is 4.98 Å². The Morgan fingerprint density at radius 1 is 0.885 bits per heavy atom. The van der Waals surface area contributed by atoms with Crippen molar-refractivity contribution >= 4 is 22.7 Å². The van der Waals surface area contributed by atoms with Crippen molar-refractivity contribution in [2.24, 2.45) is 4.99 Å². The van der Waals surface area contributed by atoms with Gasteiger partial charge in [0, 0.05) is 33.3 Å². The van der Waals surface area contributed by atoms with E-state index in [-0.39, 0.29) is 0 Å². The number of aromatic amines is 1. The summed E-state index contributed by atoms with van der Waals surface area (Å²) in [7, 11) is 0. The molecule has 2 heteroatoms. The summed E-state index contributed by atoms with van der Waals surface area (Å²) >= 11 is 0. The number of nitrogens with one attached hydrogen (secondary N) is 1. The van der Waals surface area contributed by atoms with E-state index in [0.29, 0.717) is 5.92 Å². The second kappa shape index (κ2) is 5.18. The molecule has 1 aromatic heterocycles. The number of hydrogen-bond acceptors (Lipinski definition) is 1. The average molecular weight is 334 g/mol. The van der Waals surface area contributed by atoms with Gasteiger partial charge >= 0.3 is 0 Å². The Hall–Kier alpha value is -3.13. The molecule has 2 aliphatic rings. The maximum atomic E-state index is 4.80. The van der Waals surface area contributed by atoms with Crippen molar-refractivity contribution in [3.8, 4) is 11.1 Å². The maximum absolute atomic E-state index is 4.80. The third-order valence-electron chi connectivity index (χ3n) is 5.79. The number of para-hydroxylation sites is 1. The molecule has 0 saturated carbocycles. The molecule has 6 rings (SSSR count). The third kappa shape index (κ3) is 1.96. The lowest BCUT2D eigenvalue weighted by atomic mass is 9.87. The van der Waals surface area contributed by atoms with Crippen LogP contribution in [0.25, 0.3) is 28.1 Å². The minimum atomic E-state index is 0.494. The lowest BCUT2D eigenvalue weighted by Crippen LogP contribution is -2.17. The van der Waals surface area contributed by atoms with E-state index >= 15 is 0 Å². The van der Waals surface area contributed by atoms with Gasteiger partial charge in [0.25, 0.3) is 0 Å². The summed E-state index contributed by atoms with van der Waals surface area (Å²) in [5, 5.41) is 3.72. The number of H-pyrrole nitrogens is 1. The second-order valence-electron chi connectivity index (χ2n) is 7.28. The molecule has 1 N–H and O–H groups in total. The van der Waals surface area contributed by atoms with Crippen molar-refractivity contribution in [1.29, 1.82) is 0 Å². The van der Waals surface area contributed by atoms with Crippen molar-refractivity contribution in [1.82, 2.24) is 4.98 Å². The largest absolute Gasteiger partial charge is 0.355 e. The highest BCUT2D eigenvalue weighted by atomic mass is 14.8. The Balaban J connectivity index is 1.55. The van der Waals surface area contributed by atoms with Crippen LogP contribution in [0, 0.1) is 0 Å². The molecule has 4 aromatic rings. The van der Waals surface area contributed by atoms with Gasteiger partial charge in [-0.3, -0.25) is 0 Å². The molecular weight excluding hydrogens is 316 g/mol. The summed E-state index contributed by atoms with van der Waals surface area (Å²) in [6.07, 6.45) is 4.69. The summed E-state index contributed by atoms with van der Waals surface area (Å²) in [6, 6.07) is 23.8. The van der Waals surface area contributed by atoms with E-state index in [1.807, 2.05) is 0 Å². The van der Waals surface area contributed by atoms with Crippen molar-refractivity contribution < 1.29 is 0 Å². The number of rotatable bonds is 1. The minimum absolute atomic E-state index is 0.494. The first-order valence-corrected chi connectivity index (χ1v) is 9.26. The van der Waals surface area contributed by atoms with Crippen LogP contribution in [0.2, 0.25) is 0 Å². The molecule has 0 saturated heterocycles. The van der Waals surface area contributed by atoms with Gasteiger partial charge in [0.1, 0.15) is 0 Å². The van der Waals surface area contributed by atoms with Gasteiger partial charge in [-0.15, -0.1) is 0 Å². The smallest absolute Gasteiger partial charge is 0.0737 e. The van der Waals surface area contributed by atoms with Crippen molar-refractivity contribution in [2.45, 2.75) is 18.8 Å². The predicted molar refractivity (Wildman–Crippen MR) is 106 cm³/mol. The maximum Gasteiger partial charge on any atom is 0.0737 e. The van der Waals surface area contributed by atoms with Crippen molar-refractivity contribution in [2.75, 3.05) is 0 Å². The first-order chi connectivity index (χ1) is 12.9. The zero-order valence-electron chi connectivity index (χ0n) is 14.4. The van der Waals surface area contributed by atoms with Crippen LogP contribution in [0.5, 0.6) is 0 Å². The number of benzene rings is 3. The second-order valence-corrected chi connectivity index (χ2v) is 7.28. The highest BCUT2D eigenvalue weighted by Gasteiger charge is 2.20. The molecule has 0 bridgehead atoms. The Kier molecular flexibility index (Phi) is 2.81. The summed E-state index contributed by atoms with van der Waals surface area (Å²) in [6.45, 7) is 0. The van der Waals surface area contributed by atoms with Gasteiger partial charge in [-0.05, 0) is 42.2 Å². The lowest BCUT2D eigenvalue weighted by molar-refractivity contribution is 0.741. The molecule has 0 fully saturated rings. The average Bonchev–Trinajstić information content (AvgIpc) is 3.23. The van der Waals surface area contributed by atoms with Gasteiger partial charge in [0.15, 0.2) is 0 Å². The monoisotopic (exact) mass is 334 g/mol. The topological polar surface area (TPSA) is 28.1 Å². The Bertz CT molecular complexity index is 1280. The van der Waals surface area contributed by atoms with Gasteiger partial charge in [-0.2, -0.15) is 0 Å². The summed E-state index contributed by atoms with van der Waals surface area (Å²) in [4.78, 5) is 8.46. The molecule has 124 valence electrons. The standard InChI is InChI=1S/C24H18N2/c1-2-6-15(7-3-1)16-10-11-18-20-13-19-17-8-4-5-9-21(17)25-23(19)14-24(20)26-22(18)12-16/h1-9,12-14,16,26H,10-11H2/t16-/m1/s1. The predicted octanol–water partition coefficient (Wildman–Crippen LogP) is 4.61. The first kappa shape index (κ1) is 14.1. The molecule has 0 radical (unpaired) electrons. The molecule has 1 atom stereocenters. The van der Waals surface area contributed by atoms with Crippen LogP contribution in [0.3, 0.4) is 0 Å². The molecule has 0 spiro atoms. The zero-order chi connectivity index (χ0) is 17.1. The SMILES string of the molecule is C1=c2[nH]c3cc4c(cc3c2CC[C@H]1c1ccccc1)-c1ccccc1N=4. The molecule has 1 aliphatic heterocycles. The van der Waals surface area contributed by atoms with Crippen LogP contribution < -0.4 is 10.7 Å². The van der Waals surface area contributed by atoms with E-state index in [9.17, 15) is 0 Å². The fourth-order valence-electron chi connectivity index (χ4n) is 4.50. The van der Waals surface area contributed by atoms with E-state index in [0.717, 1.165) is 17.5 Å². The van der Waals surface area contributed by atoms with E-state index in [1.54, 1.807) is 0 Å². The quantitative estimate of drug-likeness (QED) is 0.464. The van der Waals surface area contributed by atoms with E-state index in [2.05, 4.69) is 77.8 Å². The zero-order valence-corrected chi connectivity index (χ0v) is 14.4. The van der Waals surface area contributed by atoms with Crippen LogP contribution in [0.4, 0.5) is 5.69 Å². The van der Waals surface area contributed by atoms with Crippen LogP contribution in [-0.4, -0.2) is 4.98 Å². The lowest BCUT2D eigenvalue weighted by Gasteiger charge is -2.17. The molecular formula is C24H18N2. The number of nitrogens with zero attached hydrogens (tertiary/aromatic N) is 1. The Labute approximate surface area is 151 Å². The Morgan fingerprint density at radius 3 is 2.65 bits per heavy atom. The molecule has 2 nitrogen and oxygen atoms in total. The Morgan fingerprint density at radius 2 is 1.73 bits per heavy atom. The third-order valence-corrected chi connectivity index (χ3v) is 5.79. The fraction of sp³-hybridized carbons (Fsp3) is 0.125. The van der Waals surface area contributed by atoms with Crippen molar-refractivity contribution in [3.63, 3.8) is 0 Å². The van der Waals surface area contributed by atoms with E-state index < -0.39 is 0 Å². The van der Waals surface area contributed by atoms with Crippen LogP contribution in [0.15, 0.2) is 71.7 Å². The molecule has 0 unspecified atom stereocenters. The van der Waals surface area contributed by atoms with Crippen molar-refractivity contribution in [3.05, 3.63) is 88.6 Å². The summed E-state index contributed by atoms with van der Waals surface area (Å²) in [5.41, 5.74) is 7.67. The van der Waals surface area contributed by atoms with E-state index in [1.165, 1.54) is 44.9 Å². The van der Waals surface area contributed by atoms with Gasteiger partial charge in [-0.1, -0.05) is 54.6 Å². The van der Waals surface area contributed by atoms with E-state index in [4.69, 9.17) is 4.99 Å². The van der Waals surface area contributed by atoms with Crippen LogP contribution >= 0.6 is 0 Å².